The first-order valence-corrected chi connectivity index (χ1v) is 11.9. The van der Waals surface area contributed by atoms with E-state index in [0.717, 1.165) is 27.5 Å². The van der Waals surface area contributed by atoms with Gasteiger partial charge in [-0.1, -0.05) is 42.5 Å². The van der Waals surface area contributed by atoms with Crippen LogP contribution in [0.2, 0.25) is 0 Å². The molecule has 1 aromatic heterocycles. The lowest BCUT2D eigenvalue weighted by Gasteiger charge is -2.20. The number of carboxylic acids is 1. The Labute approximate surface area is 215 Å². The largest absolute Gasteiger partial charge is 0.493 e. The fourth-order valence-electron chi connectivity index (χ4n) is 3.78. The van der Waals surface area contributed by atoms with Crippen LogP contribution < -0.4 is 9.47 Å². The average Bonchev–Trinajstić information content (AvgIpc) is 3.24. The topological polar surface area (TPSA) is 102 Å². The average molecular weight is 501 g/mol. The van der Waals surface area contributed by atoms with Gasteiger partial charge in [0.25, 0.3) is 0 Å². The number of hydrogen-bond acceptors (Lipinski definition) is 6. The Balaban J connectivity index is 1.37. The highest BCUT2D eigenvalue weighted by Crippen LogP contribution is 2.22. The summed E-state index contributed by atoms with van der Waals surface area (Å²) in [5.74, 6) is 1.14. The maximum absolute atomic E-state index is 12.7. The molecule has 0 aliphatic rings. The van der Waals surface area contributed by atoms with Crippen molar-refractivity contribution in [1.29, 1.82) is 0 Å². The fourth-order valence-corrected chi connectivity index (χ4v) is 3.78. The van der Waals surface area contributed by atoms with E-state index < -0.39 is 18.6 Å². The predicted molar refractivity (Wildman–Crippen MR) is 138 cm³/mol. The molecule has 8 nitrogen and oxygen atoms in total. The van der Waals surface area contributed by atoms with Crippen LogP contribution in [0, 0.1) is 13.8 Å². The molecule has 0 bridgehead atoms. The van der Waals surface area contributed by atoms with Gasteiger partial charge in [0.2, 0.25) is 5.89 Å². The Morgan fingerprint density at radius 3 is 2.46 bits per heavy atom. The van der Waals surface area contributed by atoms with Crippen LogP contribution in [0.3, 0.4) is 0 Å². The number of carbonyl (C=O) groups excluding carboxylic acids is 1. The van der Waals surface area contributed by atoms with E-state index in [2.05, 4.69) is 4.98 Å². The first-order valence-electron chi connectivity index (χ1n) is 11.9. The monoisotopic (exact) mass is 500 g/mol. The smallest absolute Gasteiger partial charge is 0.416 e. The number of hydrogen-bond donors (Lipinski definition) is 1. The van der Waals surface area contributed by atoms with Crippen LogP contribution in [0.4, 0.5) is 4.79 Å². The van der Waals surface area contributed by atoms with Crippen LogP contribution in [-0.2, 0) is 17.8 Å². The van der Waals surface area contributed by atoms with Crippen molar-refractivity contribution in [2.75, 3.05) is 13.2 Å². The van der Waals surface area contributed by atoms with Gasteiger partial charge >= 0.3 is 12.1 Å². The maximum atomic E-state index is 12.7. The number of benzene rings is 3. The zero-order valence-corrected chi connectivity index (χ0v) is 20.7. The molecule has 0 spiro atoms. The van der Waals surface area contributed by atoms with Crippen LogP contribution in [0.1, 0.15) is 22.6 Å². The van der Waals surface area contributed by atoms with Gasteiger partial charge in [-0.3, -0.25) is 9.69 Å². The van der Waals surface area contributed by atoms with Crippen molar-refractivity contribution in [2.24, 2.45) is 0 Å². The summed E-state index contributed by atoms with van der Waals surface area (Å²) < 4.78 is 17.1. The number of carboxylic acid groups (broad SMARTS) is 1. The van der Waals surface area contributed by atoms with Crippen molar-refractivity contribution >= 4 is 12.1 Å². The standard InChI is InChI=1S/C29H28N2O6/c1-20-8-6-13-25(16-20)37-29(34)31(19-27(32)33)18-22-9-7-12-24(17-22)35-15-14-26-21(2)36-28(30-26)23-10-4-3-5-11-23/h3-13,16-17H,14-15,18-19H2,1-2H3,(H,32,33). The van der Waals surface area contributed by atoms with Gasteiger partial charge in [0.1, 0.15) is 23.8 Å². The number of aliphatic carboxylic acids is 1. The highest BCUT2D eigenvalue weighted by atomic mass is 16.6. The minimum Gasteiger partial charge on any atom is -0.493 e. The lowest BCUT2D eigenvalue weighted by Crippen LogP contribution is -2.37. The molecule has 0 aliphatic heterocycles. The highest BCUT2D eigenvalue weighted by Gasteiger charge is 2.20. The molecule has 1 amide bonds. The predicted octanol–water partition coefficient (Wildman–Crippen LogP) is 5.67. The van der Waals surface area contributed by atoms with Crippen LogP contribution in [0.15, 0.2) is 83.3 Å². The van der Waals surface area contributed by atoms with Crippen molar-refractivity contribution in [3.63, 3.8) is 0 Å². The lowest BCUT2D eigenvalue weighted by atomic mass is 10.2. The van der Waals surface area contributed by atoms with E-state index in [-0.39, 0.29) is 6.54 Å². The lowest BCUT2D eigenvalue weighted by molar-refractivity contribution is -0.138. The number of ether oxygens (including phenoxy) is 2. The van der Waals surface area contributed by atoms with Gasteiger partial charge in [-0.05, 0) is 61.4 Å². The zero-order valence-electron chi connectivity index (χ0n) is 20.7. The third-order valence-corrected chi connectivity index (χ3v) is 5.57. The summed E-state index contributed by atoms with van der Waals surface area (Å²) in [4.78, 5) is 29.8. The molecule has 0 saturated heterocycles. The Hall–Kier alpha value is -4.59. The van der Waals surface area contributed by atoms with Crippen molar-refractivity contribution in [1.82, 2.24) is 9.88 Å². The minimum atomic E-state index is -1.13. The van der Waals surface area contributed by atoms with Crippen molar-refractivity contribution < 1.29 is 28.6 Å². The molecule has 3 aromatic carbocycles. The molecule has 37 heavy (non-hydrogen) atoms. The number of aryl methyl sites for hydroxylation is 2. The number of nitrogens with zero attached hydrogens (tertiary/aromatic N) is 2. The van der Waals surface area contributed by atoms with E-state index in [9.17, 15) is 14.7 Å². The molecule has 190 valence electrons. The van der Waals surface area contributed by atoms with Crippen LogP contribution in [0.5, 0.6) is 11.5 Å². The number of amides is 1. The minimum absolute atomic E-state index is 0.0526. The van der Waals surface area contributed by atoms with Gasteiger partial charge in [-0.2, -0.15) is 0 Å². The van der Waals surface area contributed by atoms with E-state index in [1.54, 1.807) is 42.5 Å². The fraction of sp³-hybridized carbons (Fsp3) is 0.207. The number of carbonyl (C=O) groups is 2. The van der Waals surface area contributed by atoms with E-state index in [0.29, 0.717) is 36.0 Å². The zero-order chi connectivity index (χ0) is 26.2. The normalized spacial score (nSPS) is 10.6. The molecular weight excluding hydrogens is 472 g/mol. The molecule has 0 unspecified atom stereocenters. The molecule has 4 rings (SSSR count). The third-order valence-electron chi connectivity index (χ3n) is 5.57. The van der Waals surface area contributed by atoms with E-state index >= 15 is 0 Å². The molecule has 0 radical (unpaired) electrons. The summed E-state index contributed by atoms with van der Waals surface area (Å²) in [5.41, 5.74) is 3.37. The van der Waals surface area contributed by atoms with E-state index in [1.165, 1.54) is 0 Å². The third kappa shape index (κ3) is 7.20. The van der Waals surface area contributed by atoms with Gasteiger partial charge in [0.15, 0.2) is 0 Å². The maximum Gasteiger partial charge on any atom is 0.416 e. The highest BCUT2D eigenvalue weighted by molar-refractivity contribution is 5.78. The molecule has 1 N–H and O–H groups in total. The molecule has 0 atom stereocenters. The molecule has 8 heteroatoms. The number of rotatable bonds is 10. The summed E-state index contributed by atoms with van der Waals surface area (Å²) in [6.07, 6.45) is -0.185. The summed E-state index contributed by atoms with van der Waals surface area (Å²) >= 11 is 0. The first-order chi connectivity index (χ1) is 17.9. The van der Waals surface area contributed by atoms with Crippen LogP contribution in [-0.4, -0.2) is 40.2 Å². The van der Waals surface area contributed by atoms with Gasteiger partial charge in [-0.25, -0.2) is 9.78 Å². The summed E-state index contributed by atoms with van der Waals surface area (Å²) in [6.45, 7) is 3.69. The van der Waals surface area contributed by atoms with E-state index in [4.69, 9.17) is 13.9 Å². The Kier molecular flexibility index (Phi) is 8.20. The van der Waals surface area contributed by atoms with Crippen molar-refractivity contribution in [3.05, 3.63) is 101 Å². The molecule has 4 aromatic rings. The molecule has 0 fully saturated rings. The molecular formula is C29H28N2O6. The van der Waals surface area contributed by atoms with Crippen LogP contribution >= 0.6 is 0 Å². The second kappa shape index (κ2) is 11.9. The van der Waals surface area contributed by atoms with Gasteiger partial charge in [0, 0.05) is 18.5 Å². The molecule has 1 heterocycles. The van der Waals surface area contributed by atoms with Crippen molar-refractivity contribution in [3.8, 4) is 23.0 Å². The second-order valence-corrected chi connectivity index (χ2v) is 8.57. The van der Waals surface area contributed by atoms with Crippen LogP contribution in [0.25, 0.3) is 11.5 Å². The second-order valence-electron chi connectivity index (χ2n) is 8.57. The SMILES string of the molecule is Cc1cccc(OC(=O)N(CC(=O)O)Cc2cccc(OCCc3nc(-c4ccccc4)oc3C)c2)c1. The Morgan fingerprint density at radius 2 is 1.70 bits per heavy atom. The first kappa shape index (κ1) is 25.5. The van der Waals surface area contributed by atoms with Gasteiger partial charge in [0.05, 0.1) is 12.3 Å². The Bertz CT molecular complexity index is 1370. The quantitative estimate of drug-likeness (QED) is 0.299. The molecule has 0 aliphatic carbocycles. The number of oxazole rings is 1. The summed E-state index contributed by atoms with van der Waals surface area (Å²) in [6, 6.07) is 23.9. The van der Waals surface area contributed by atoms with Crippen molar-refractivity contribution in [2.45, 2.75) is 26.8 Å². The number of aromatic nitrogens is 1. The molecule has 0 saturated carbocycles. The Morgan fingerprint density at radius 1 is 0.946 bits per heavy atom. The van der Waals surface area contributed by atoms with Gasteiger partial charge in [-0.15, -0.1) is 0 Å². The summed E-state index contributed by atoms with van der Waals surface area (Å²) in [7, 11) is 0. The summed E-state index contributed by atoms with van der Waals surface area (Å²) in [5, 5.41) is 9.31. The van der Waals surface area contributed by atoms with Gasteiger partial charge < -0.3 is 19.0 Å². The van der Waals surface area contributed by atoms with E-state index in [1.807, 2.05) is 50.2 Å².